The molecule has 0 aliphatic heterocycles. The van der Waals surface area contributed by atoms with Crippen molar-refractivity contribution in [3.05, 3.63) is 60.7 Å². The van der Waals surface area contributed by atoms with Gasteiger partial charge in [0.2, 0.25) is 0 Å². The van der Waals surface area contributed by atoms with E-state index in [2.05, 4.69) is 0 Å². The lowest BCUT2D eigenvalue weighted by Crippen LogP contribution is -2.13. The fourth-order valence-corrected chi connectivity index (χ4v) is 2.92. The Hall–Kier alpha value is -1.60. The molecule has 0 saturated carbocycles. The largest absolute Gasteiger partial charge is 0.478 e. The van der Waals surface area contributed by atoms with Crippen LogP contribution < -0.4 is 4.74 Å². The zero-order chi connectivity index (χ0) is 17.3. The standard InChI is InChI=1S/C17H14ClIO4/c1-8-4-5-11(16(20)21)10(3)15(8)23-17(22)12-7-14(19)13(18)6-9(12)2/h4-7H,1-3H3,(H,20,21). The van der Waals surface area contributed by atoms with Gasteiger partial charge >= 0.3 is 11.9 Å². The van der Waals surface area contributed by atoms with Crippen molar-refractivity contribution in [3.63, 3.8) is 0 Å². The van der Waals surface area contributed by atoms with E-state index >= 15 is 0 Å². The number of carbonyl (C=O) groups excluding carboxylic acids is 1. The third-order valence-electron chi connectivity index (χ3n) is 3.52. The van der Waals surface area contributed by atoms with Crippen molar-refractivity contribution in [1.82, 2.24) is 0 Å². The molecule has 0 amide bonds. The molecule has 0 fully saturated rings. The van der Waals surface area contributed by atoms with Gasteiger partial charge in [-0.1, -0.05) is 17.7 Å². The van der Waals surface area contributed by atoms with Gasteiger partial charge in [0.05, 0.1) is 16.1 Å². The number of carbonyl (C=O) groups is 2. The maximum atomic E-state index is 12.5. The number of halogens is 2. The topological polar surface area (TPSA) is 63.6 Å². The number of hydrogen-bond acceptors (Lipinski definition) is 3. The highest BCUT2D eigenvalue weighted by Gasteiger charge is 2.19. The fourth-order valence-electron chi connectivity index (χ4n) is 2.23. The van der Waals surface area contributed by atoms with Gasteiger partial charge in [0.15, 0.2) is 0 Å². The molecular weight excluding hydrogens is 431 g/mol. The van der Waals surface area contributed by atoms with Gasteiger partial charge in [-0.15, -0.1) is 0 Å². The Labute approximate surface area is 152 Å². The molecule has 4 nitrogen and oxygen atoms in total. The molecule has 0 saturated heterocycles. The van der Waals surface area contributed by atoms with Gasteiger partial charge in [0.25, 0.3) is 0 Å². The third-order valence-corrected chi connectivity index (χ3v) is 5.04. The Kier molecular flexibility index (Phi) is 5.31. The van der Waals surface area contributed by atoms with E-state index in [1.54, 1.807) is 39.0 Å². The average Bonchev–Trinajstić information content (AvgIpc) is 2.46. The Morgan fingerprint density at radius 3 is 2.35 bits per heavy atom. The number of carboxylic acid groups (broad SMARTS) is 1. The normalized spacial score (nSPS) is 10.5. The van der Waals surface area contributed by atoms with Crippen LogP contribution in [-0.2, 0) is 0 Å². The minimum atomic E-state index is -1.06. The van der Waals surface area contributed by atoms with Crippen LogP contribution in [-0.4, -0.2) is 17.0 Å². The summed E-state index contributed by atoms with van der Waals surface area (Å²) in [6.07, 6.45) is 0. The zero-order valence-electron chi connectivity index (χ0n) is 12.7. The number of carboxylic acids is 1. The quantitative estimate of drug-likeness (QED) is 0.420. The molecule has 2 aromatic carbocycles. The monoisotopic (exact) mass is 444 g/mol. The van der Waals surface area contributed by atoms with Gasteiger partial charge in [-0.3, -0.25) is 0 Å². The van der Waals surface area contributed by atoms with Crippen molar-refractivity contribution < 1.29 is 19.4 Å². The predicted molar refractivity (Wildman–Crippen MR) is 96.7 cm³/mol. The van der Waals surface area contributed by atoms with Crippen molar-refractivity contribution in [3.8, 4) is 5.75 Å². The summed E-state index contributed by atoms with van der Waals surface area (Å²) in [5.41, 5.74) is 2.33. The van der Waals surface area contributed by atoms with E-state index in [1.807, 2.05) is 22.6 Å². The zero-order valence-corrected chi connectivity index (χ0v) is 15.7. The molecule has 6 heteroatoms. The molecule has 0 heterocycles. The second-order valence-electron chi connectivity index (χ2n) is 5.16. The first-order chi connectivity index (χ1) is 10.7. The summed E-state index contributed by atoms with van der Waals surface area (Å²) in [7, 11) is 0. The smallest absolute Gasteiger partial charge is 0.343 e. The summed E-state index contributed by atoms with van der Waals surface area (Å²) in [5, 5.41) is 9.76. The van der Waals surface area contributed by atoms with E-state index in [-0.39, 0.29) is 11.3 Å². The molecule has 0 unspecified atom stereocenters. The maximum Gasteiger partial charge on any atom is 0.343 e. The molecule has 2 aromatic rings. The van der Waals surface area contributed by atoms with Crippen molar-refractivity contribution >= 4 is 46.1 Å². The minimum Gasteiger partial charge on any atom is -0.478 e. The second-order valence-corrected chi connectivity index (χ2v) is 6.73. The maximum absolute atomic E-state index is 12.5. The van der Waals surface area contributed by atoms with E-state index in [9.17, 15) is 14.7 Å². The molecule has 0 aromatic heterocycles. The van der Waals surface area contributed by atoms with E-state index in [1.165, 1.54) is 6.07 Å². The van der Waals surface area contributed by atoms with Crippen LogP contribution in [0.5, 0.6) is 5.75 Å². The highest BCUT2D eigenvalue weighted by molar-refractivity contribution is 14.1. The van der Waals surface area contributed by atoms with Crippen molar-refractivity contribution in [2.45, 2.75) is 20.8 Å². The van der Waals surface area contributed by atoms with Crippen LogP contribution >= 0.6 is 34.2 Å². The van der Waals surface area contributed by atoms with E-state index in [0.29, 0.717) is 27.3 Å². The third kappa shape index (κ3) is 3.67. The van der Waals surface area contributed by atoms with Crippen LogP contribution in [0.2, 0.25) is 5.02 Å². The van der Waals surface area contributed by atoms with E-state index < -0.39 is 11.9 Å². The van der Waals surface area contributed by atoms with Gasteiger partial charge < -0.3 is 9.84 Å². The lowest BCUT2D eigenvalue weighted by molar-refractivity contribution is 0.0685. The molecule has 0 bridgehead atoms. The number of aromatic carboxylic acids is 1. The molecule has 0 spiro atoms. The van der Waals surface area contributed by atoms with Crippen LogP contribution in [0.15, 0.2) is 24.3 Å². The Morgan fingerprint density at radius 2 is 1.74 bits per heavy atom. The first-order valence-corrected chi connectivity index (χ1v) is 8.19. The van der Waals surface area contributed by atoms with Crippen LogP contribution in [0, 0.1) is 24.3 Å². The lowest BCUT2D eigenvalue weighted by Gasteiger charge is -2.14. The molecule has 23 heavy (non-hydrogen) atoms. The number of aryl methyl sites for hydroxylation is 2. The summed E-state index contributed by atoms with van der Waals surface area (Å²) in [6.45, 7) is 5.16. The highest BCUT2D eigenvalue weighted by atomic mass is 127. The molecule has 120 valence electrons. The molecular formula is C17H14ClIO4. The van der Waals surface area contributed by atoms with Crippen LogP contribution in [0.4, 0.5) is 0 Å². The first kappa shape index (κ1) is 17.7. The Bertz CT molecular complexity index is 815. The van der Waals surface area contributed by atoms with Gasteiger partial charge in [-0.05, 0) is 72.7 Å². The highest BCUT2D eigenvalue weighted by Crippen LogP contribution is 2.29. The number of benzene rings is 2. The fraction of sp³-hybridized carbons (Fsp3) is 0.176. The molecule has 0 radical (unpaired) electrons. The molecule has 0 aliphatic rings. The SMILES string of the molecule is Cc1cc(Cl)c(I)cc1C(=O)Oc1c(C)ccc(C(=O)O)c1C. The van der Waals surface area contributed by atoms with Gasteiger partial charge in [0, 0.05) is 9.13 Å². The molecule has 2 rings (SSSR count). The Morgan fingerprint density at radius 1 is 1.09 bits per heavy atom. The van der Waals surface area contributed by atoms with Crippen molar-refractivity contribution in [2.24, 2.45) is 0 Å². The molecule has 0 aliphatic carbocycles. The van der Waals surface area contributed by atoms with Gasteiger partial charge in [0.1, 0.15) is 5.75 Å². The summed E-state index contributed by atoms with van der Waals surface area (Å²) < 4.78 is 6.22. The lowest BCUT2D eigenvalue weighted by atomic mass is 10.0. The van der Waals surface area contributed by atoms with Gasteiger partial charge in [-0.2, -0.15) is 0 Å². The van der Waals surface area contributed by atoms with Crippen molar-refractivity contribution in [1.29, 1.82) is 0 Å². The minimum absolute atomic E-state index is 0.112. The number of ether oxygens (including phenoxy) is 1. The van der Waals surface area contributed by atoms with Crippen LogP contribution in [0.25, 0.3) is 0 Å². The van der Waals surface area contributed by atoms with E-state index in [4.69, 9.17) is 16.3 Å². The number of rotatable bonds is 3. The van der Waals surface area contributed by atoms with Crippen LogP contribution in [0.1, 0.15) is 37.4 Å². The van der Waals surface area contributed by atoms with Crippen LogP contribution in [0.3, 0.4) is 0 Å². The Balaban J connectivity index is 2.44. The van der Waals surface area contributed by atoms with Gasteiger partial charge in [-0.25, -0.2) is 9.59 Å². The average molecular weight is 445 g/mol. The summed E-state index contributed by atoms with van der Waals surface area (Å²) in [5.74, 6) is -1.32. The summed E-state index contributed by atoms with van der Waals surface area (Å²) in [6, 6.07) is 6.48. The molecule has 1 N–H and O–H groups in total. The number of hydrogen-bond donors (Lipinski definition) is 1. The van der Waals surface area contributed by atoms with E-state index in [0.717, 1.165) is 3.57 Å². The second kappa shape index (κ2) is 6.88. The summed E-state index contributed by atoms with van der Waals surface area (Å²) in [4.78, 5) is 23.7. The molecule has 0 atom stereocenters. The summed E-state index contributed by atoms with van der Waals surface area (Å²) >= 11 is 8.07. The van der Waals surface area contributed by atoms with Crippen molar-refractivity contribution in [2.75, 3.05) is 0 Å². The number of esters is 1. The first-order valence-electron chi connectivity index (χ1n) is 6.73. The predicted octanol–water partition coefficient (Wildman–Crippen LogP) is 4.79.